The number of ether oxygens (including phenoxy) is 1. The molecule has 422 valence electrons. The van der Waals surface area contributed by atoms with Crippen molar-refractivity contribution in [1.29, 1.82) is 0 Å². The Morgan fingerprint density at radius 1 is 0.568 bits per heavy atom. The third-order valence-electron chi connectivity index (χ3n) is 12.7. The number of carbonyl (C=O) groups is 4. The van der Waals surface area contributed by atoms with Crippen molar-refractivity contribution in [2.75, 3.05) is 7.11 Å². The van der Waals surface area contributed by atoms with Gasteiger partial charge in [0, 0.05) is 0 Å². The summed E-state index contributed by atoms with van der Waals surface area (Å²) in [5.74, 6) is -5.76. The number of nitrogens with one attached hydrogen (secondary N) is 2. The Morgan fingerprint density at radius 2 is 0.926 bits per heavy atom. The Hall–Kier alpha value is -8.28. The van der Waals surface area contributed by atoms with E-state index in [0.29, 0.717) is 45.8 Å². The van der Waals surface area contributed by atoms with Gasteiger partial charge in [-0.25, -0.2) is 27.5 Å². The van der Waals surface area contributed by atoms with Gasteiger partial charge in [0.25, 0.3) is 11.1 Å². The molecule has 16 nitrogen and oxygen atoms in total. The molecule has 0 saturated heterocycles. The zero-order valence-electron chi connectivity index (χ0n) is 44.7. The van der Waals surface area contributed by atoms with E-state index in [1.807, 2.05) is 27.7 Å². The Labute approximate surface area is 477 Å². The molecule has 0 fully saturated rings. The molecule has 0 aliphatic heterocycles. The number of hydrogen-bond acceptors (Lipinski definition) is 10. The van der Waals surface area contributed by atoms with E-state index in [0.717, 1.165) is 24.3 Å². The fourth-order valence-corrected chi connectivity index (χ4v) is 9.03. The number of rotatable bonds is 18. The first-order chi connectivity index (χ1) is 36.8. The van der Waals surface area contributed by atoms with E-state index >= 15 is 0 Å². The zero-order valence-corrected chi connectivity index (χ0v) is 44.7. The summed E-state index contributed by atoms with van der Waals surface area (Å²) in [6.07, 6.45) is 2.60. The average Bonchev–Trinajstić information content (AvgIpc) is 3.43. The van der Waals surface area contributed by atoms with Gasteiger partial charge in [-0.2, -0.15) is 0 Å². The largest absolute Gasteiger partial charge is 1.00 e. The summed E-state index contributed by atoms with van der Waals surface area (Å²) in [5, 5.41) is 15.9. The van der Waals surface area contributed by atoms with Gasteiger partial charge in [0.05, 0.1) is 77.6 Å². The molecular weight excluding hydrogens is 1050 g/mol. The molecule has 8 aromatic rings. The maximum Gasteiger partial charge on any atom is 1.00 e. The van der Waals surface area contributed by atoms with Gasteiger partial charge in [-0.3, -0.25) is 37.9 Å². The number of fused-ring (bicyclic) bond motifs is 2. The molecule has 0 unspecified atom stereocenters. The van der Waals surface area contributed by atoms with Crippen LogP contribution in [-0.4, -0.2) is 66.0 Å². The van der Waals surface area contributed by atoms with Gasteiger partial charge in [0.15, 0.2) is 0 Å². The van der Waals surface area contributed by atoms with Gasteiger partial charge in [-0.05, 0) is 108 Å². The van der Waals surface area contributed by atoms with E-state index in [4.69, 9.17) is 4.74 Å². The SMILES string of the molecule is C.CC(C)C[C@@H](C(=O)N[C@@H](CC(=O)O)c1cccc(-c2c(F)cccc2F)c1)n1cnc2ccccc2c1=O.COC(=O)C[C@H](NC(=O)[C@H](CC(C)C)n1cnc2ccccc2c1=O)c1cccc(-c2c(F)cccc2F)c1.O.[Li+].[OH-]. The van der Waals surface area contributed by atoms with Crippen LogP contribution < -0.4 is 40.6 Å². The molecule has 21 heteroatoms. The quantitative estimate of drug-likeness (QED) is 0.0438. The molecule has 0 bridgehead atoms. The molecule has 2 heterocycles. The van der Waals surface area contributed by atoms with Crippen LogP contribution in [0.3, 0.4) is 0 Å². The van der Waals surface area contributed by atoms with E-state index in [1.54, 1.807) is 78.9 Å². The molecule has 0 spiro atoms. The zero-order chi connectivity index (χ0) is 55.5. The van der Waals surface area contributed by atoms with Crippen LogP contribution in [0.1, 0.15) is 96.1 Å². The number of carboxylic acids is 1. The summed E-state index contributed by atoms with van der Waals surface area (Å²) in [7, 11) is 1.23. The summed E-state index contributed by atoms with van der Waals surface area (Å²) in [6, 6.07) is 29.4. The number of esters is 1. The minimum absolute atomic E-state index is 0. The molecule has 8 rings (SSSR count). The minimum atomic E-state index is -1.18. The maximum atomic E-state index is 14.5. The Bertz CT molecular complexity index is 3560. The minimum Gasteiger partial charge on any atom is -0.870 e. The van der Waals surface area contributed by atoms with Crippen molar-refractivity contribution in [3.05, 3.63) is 201 Å². The maximum absolute atomic E-state index is 14.5. The second-order valence-corrected chi connectivity index (χ2v) is 19.2. The number of amides is 2. The van der Waals surface area contributed by atoms with E-state index in [-0.39, 0.29) is 88.9 Å². The van der Waals surface area contributed by atoms with E-state index in [1.165, 1.54) is 59.2 Å². The first-order valence-electron chi connectivity index (χ1n) is 24.7. The second-order valence-electron chi connectivity index (χ2n) is 19.2. The number of aromatic nitrogens is 4. The normalized spacial score (nSPS) is 12.2. The summed E-state index contributed by atoms with van der Waals surface area (Å²) >= 11 is 0. The number of benzene rings is 6. The monoisotopic (exact) mass is 1110 g/mol. The summed E-state index contributed by atoms with van der Waals surface area (Å²) in [5.41, 5.74) is 1.06. The first kappa shape index (κ1) is 67.0. The molecule has 2 aromatic heterocycles. The van der Waals surface area contributed by atoms with Crippen LogP contribution in [0.5, 0.6) is 0 Å². The smallest absolute Gasteiger partial charge is 0.870 e. The molecule has 0 saturated carbocycles. The van der Waals surface area contributed by atoms with E-state index in [2.05, 4.69) is 20.6 Å². The van der Waals surface area contributed by atoms with Crippen LogP contribution in [0.4, 0.5) is 17.6 Å². The van der Waals surface area contributed by atoms with Crippen molar-refractivity contribution < 1.29 is 76.4 Å². The topological polar surface area (TPSA) is 253 Å². The fraction of sp³-hybridized carbons (Fsp3) is 0.267. The van der Waals surface area contributed by atoms with Crippen LogP contribution in [0.25, 0.3) is 44.1 Å². The number of methoxy groups -OCH3 is 1. The van der Waals surface area contributed by atoms with Gasteiger partial charge >= 0.3 is 30.8 Å². The predicted molar refractivity (Wildman–Crippen MR) is 296 cm³/mol. The molecule has 2 amide bonds. The fourth-order valence-electron chi connectivity index (χ4n) is 9.03. The predicted octanol–water partition coefficient (Wildman–Crippen LogP) is 7.25. The Balaban J connectivity index is 0.000000405. The van der Waals surface area contributed by atoms with Gasteiger partial charge in [0.1, 0.15) is 35.4 Å². The molecule has 6 N–H and O–H groups in total. The van der Waals surface area contributed by atoms with E-state index < -0.39 is 77.6 Å². The molecule has 0 radical (unpaired) electrons. The van der Waals surface area contributed by atoms with Crippen molar-refractivity contribution in [3.63, 3.8) is 0 Å². The van der Waals surface area contributed by atoms with E-state index in [9.17, 15) is 51.4 Å². The Kier molecular flexibility index (Phi) is 25.1. The molecular formula is C60H63F4LiN6O10. The third kappa shape index (κ3) is 16.4. The van der Waals surface area contributed by atoms with Crippen LogP contribution in [0.15, 0.2) is 156 Å². The number of carboxylic acid groups (broad SMARTS) is 1. The van der Waals surface area contributed by atoms with Crippen LogP contribution in [-0.2, 0) is 23.9 Å². The first-order valence-corrected chi connectivity index (χ1v) is 24.7. The second kappa shape index (κ2) is 30.3. The summed E-state index contributed by atoms with van der Waals surface area (Å²) < 4.78 is 65.2. The summed E-state index contributed by atoms with van der Waals surface area (Å²) in [6.45, 7) is 7.66. The van der Waals surface area contributed by atoms with Gasteiger partial charge in [0.2, 0.25) is 11.8 Å². The number of para-hydroxylation sites is 2. The van der Waals surface area contributed by atoms with Gasteiger partial charge in [-0.1, -0.05) is 108 Å². The van der Waals surface area contributed by atoms with Gasteiger partial charge < -0.3 is 31.4 Å². The number of hydrogen-bond donors (Lipinski definition) is 3. The van der Waals surface area contributed by atoms with Crippen molar-refractivity contribution in [3.8, 4) is 22.3 Å². The number of aliphatic carboxylic acids is 1. The molecule has 6 aromatic carbocycles. The Morgan fingerprint density at radius 3 is 1.28 bits per heavy atom. The van der Waals surface area contributed by atoms with Crippen molar-refractivity contribution in [2.45, 2.75) is 85.0 Å². The van der Waals surface area contributed by atoms with Crippen LogP contribution >= 0.6 is 0 Å². The molecule has 81 heavy (non-hydrogen) atoms. The van der Waals surface area contributed by atoms with Gasteiger partial charge in [-0.15, -0.1) is 0 Å². The average molecular weight is 1110 g/mol. The van der Waals surface area contributed by atoms with Crippen molar-refractivity contribution in [1.82, 2.24) is 29.7 Å². The number of carbonyl (C=O) groups excluding carboxylic acids is 3. The van der Waals surface area contributed by atoms with Crippen LogP contribution in [0.2, 0.25) is 0 Å². The standard InChI is InChI=1S/C30H29F2N3O4.C29H27F2N3O4.CH4.Li.2H2O/c1-18(2)14-26(35-17-33-24-13-5-4-10-21(24)30(35)38)29(37)34-25(16-27(36)39-3)19-8-6-9-20(15-19)28-22(31)11-7-12-23(28)32;1-17(2)13-25(34-16-32-23-12-4-3-9-20(23)29(34)38)28(37)33-24(15-26(35)36)18-7-5-8-19(14-18)27-21(30)10-6-11-22(27)31;;;;/h4-13,15,17-18,25-26H,14,16H2,1-3H3,(H,34,37);3-12,14,16-17,24-25H,13,15H2,1-2H3,(H,33,37)(H,35,36);1H4;;2*1H2/q;;;+1;;/p-1/t25-,26-;24-,25-;;;;/m00..../s1. The van der Waals surface area contributed by atoms with Crippen molar-refractivity contribution in [2.24, 2.45) is 11.8 Å². The van der Waals surface area contributed by atoms with Crippen molar-refractivity contribution >= 4 is 45.6 Å². The molecule has 0 aliphatic carbocycles. The third-order valence-corrected chi connectivity index (χ3v) is 12.7. The number of halogens is 4. The molecule has 4 atom stereocenters. The van der Waals surface area contributed by atoms with Crippen LogP contribution in [0, 0.1) is 35.1 Å². The summed E-state index contributed by atoms with van der Waals surface area (Å²) in [4.78, 5) is 86.5. The number of nitrogens with zero attached hydrogens (tertiary/aromatic N) is 4. The molecule has 0 aliphatic rings.